The van der Waals surface area contributed by atoms with Crippen LogP contribution >= 0.6 is 0 Å². The van der Waals surface area contributed by atoms with Gasteiger partial charge in [-0.3, -0.25) is 19.3 Å². The van der Waals surface area contributed by atoms with E-state index in [2.05, 4.69) is 15.4 Å². The third-order valence-electron chi connectivity index (χ3n) is 4.79. The van der Waals surface area contributed by atoms with Gasteiger partial charge in [0.2, 0.25) is 5.91 Å². The first-order chi connectivity index (χ1) is 14.6. The van der Waals surface area contributed by atoms with Crippen molar-refractivity contribution in [1.29, 1.82) is 0 Å². The second-order valence-corrected chi connectivity index (χ2v) is 7.03. The molecule has 1 fully saturated rings. The second kappa shape index (κ2) is 8.50. The molecule has 1 aliphatic heterocycles. The lowest BCUT2D eigenvalue weighted by Crippen LogP contribution is -2.42. The summed E-state index contributed by atoms with van der Waals surface area (Å²) >= 11 is 0. The predicted octanol–water partition coefficient (Wildman–Crippen LogP) is 2.90. The molecule has 0 radical (unpaired) electrons. The number of amides is 4. The van der Waals surface area contributed by atoms with Crippen molar-refractivity contribution in [3.8, 4) is 5.75 Å². The number of halogens is 2. The molecule has 10 heteroatoms. The zero-order valence-electron chi connectivity index (χ0n) is 16.6. The van der Waals surface area contributed by atoms with Crippen LogP contribution in [0, 0.1) is 0 Å². The Kier molecular flexibility index (Phi) is 6.00. The molecule has 1 saturated heterocycles. The molecule has 162 valence electrons. The van der Waals surface area contributed by atoms with Gasteiger partial charge in [0.05, 0.1) is 0 Å². The van der Waals surface area contributed by atoms with Crippen molar-refractivity contribution >= 4 is 29.3 Å². The molecular weight excluding hydrogens is 412 g/mol. The normalized spacial score (nSPS) is 18.2. The SMILES string of the molecule is CC(=O)c1cccc(NC(=O)CN2C(=O)N[C@@](C)(c3ccc(OC(F)F)cc3)C2=O)c1. The van der Waals surface area contributed by atoms with E-state index >= 15 is 0 Å². The molecule has 3 rings (SSSR count). The van der Waals surface area contributed by atoms with E-state index in [1.54, 1.807) is 18.2 Å². The van der Waals surface area contributed by atoms with Gasteiger partial charge >= 0.3 is 12.6 Å². The lowest BCUT2D eigenvalue weighted by molar-refractivity contribution is -0.133. The van der Waals surface area contributed by atoms with Gasteiger partial charge in [0.1, 0.15) is 17.8 Å². The Labute approximate surface area is 176 Å². The maximum atomic E-state index is 12.9. The number of rotatable bonds is 7. The number of hydrogen-bond donors (Lipinski definition) is 2. The van der Waals surface area contributed by atoms with Gasteiger partial charge in [-0.05, 0) is 43.7 Å². The summed E-state index contributed by atoms with van der Waals surface area (Å²) in [5.41, 5.74) is -0.388. The van der Waals surface area contributed by atoms with Crippen LogP contribution in [0.3, 0.4) is 0 Å². The fourth-order valence-electron chi connectivity index (χ4n) is 3.17. The number of anilines is 1. The number of carbonyl (C=O) groups is 4. The summed E-state index contributed by atoms with van der Waals surface area (Å²) in [6.45, 7) is -0.692. The number of alkyl halides is 2. The molecule has 0 bridgehead atoms. The molecule has 0 saturated carbocycles. The third-order valence-corrected chi connectivity index (χ3v) is 4.79. The van der Waals surface area contributed by atoms with E-state index in [0.29, 0.717) is 16.8 Å². The number of urea groups is 1. The largest absolute Gasteiger partial charge is 0.435 e. The zero-order valence-corrected chi connectivity index (χ0v) is 16.6. The van der Waals surface area contributed by atoms with Crippen LogP contribution in [0.1, 0.15) is 29.8 Å². The van der Waals surface area contributed by atoms with E-state index in [1.165, 1.54) is 44.2 Å². The molecule has 4 amide bonds. The monoisotopic (exact) mass is 431 g/mol. The van der Waals surface area contributed by atoms with Crippen LogP contribution in [-0.4, -0.2) is 41.7 Å². The molecule has 0 aromatic heterocycles. The Bertz CT molecular complexity index is 1040. The van der Waals surface area contributed by atoms with Gasteiger partial charge < -0.3 is 15.4 Å². The van der Waals surface area contributed by atoms with E-state index in [1.807, 2.05) is 0 Å². The van der Waals surface area contributed by atoms with E-state index in [9.17, 15) is 28.0 Å². The third kappa shape index (κ3) is 4.68. The highest BCUT2D eigenvalue weighted by atomic mass is 19.3. The molecule has 8 nitrogen and oxygen atoms in total. The summed E-state index contributed by atoms with van der Waals surface area (Å²) < 4.78 is 28.9. The summed E-state index contributed by atoms with van der Waals surface area (Å²) in [6, 6.07) is 10.7. The molecule has 1 aliphatic rings. The molecule has 2 N–H and O–H groups in total. The standard InChI is InChI=1S/C21H19F2N3O5/c1-12(27)13-4-3-5-15(10-13)24-17(28)11-26-18(29)21(2,25-20(26)30)14-6-8-16(9-7-14)31-19(22)23/h3-10,19H,11H2,1-2H3,(H,24,28)(H,25,30)/t21-/m0/s1. The lowest BCUT2D eigenvalue weighted by atomic mass is 9.92. The van der Waals surface area contributed by atoms with Crippen molar-refractivity contribution in [3.05, 3.63) is 59.7 Å². The van der Waals surface area contributed by atoms with Crippen LogP contribution in [-0.2, 0) is 15.1 Å². The minimum Gasteiger partial charge on any atom is -0.435 e. The van der Waals surface area contributed by atoms with Crippen molar-refractivity contribution < 1.29 is 32.7 Å². The van der Waals surface area contributed by atoms with E-state index in [4.69, 9.17) is 0 Å². The van der Waals surface area contributed by atoms with Crippen molar-refractivity contribution in [2.75, 3.05) is 11.9 Å². The number of Topliss-reactive ketones (excluding diaryl/α,β-unsaturated/α-hetero) is 1. The van der Waals surface area contributed by atoms with E-state index < -0.39 is 36.5 Å². The van der Waals surface area contributed by atoms with Crippen LogP contribution in [0.4, 0.5) is 19.3 Å². The summed E-state index contributed by atoms with van der Waals surface area (Å²) in [5.74, 6) is -1.57. The molecule has 1 atom stereocenters. The number of ketones is 1. The molecule has 2 aromatic rings. The fraction of sp³-hybridized carbons (Fsp3) is 0.238. The predicted molar refractivity (Wildman–Crippen MR) is 106 cm³/mol. The van der Waals surface area contributed by atoms with Crippen LogP contribution in [0.25, 0.3) is 0 Å². The summed E-state index contributed by atoms with van der Waals surface area (Å²) in [7, 11) is 0. The Morgan fingerprint density at radius 1 is 1.16 bits per heavy atom. The minimum atomic E-state index is -2.99. The smallest absolute Gasteiger partial charge is 0.387 e. The maximum absolute atomic E-state index is 12.9. The van der Waals surface area contributed by atoms with Crippen molar-refractivity contribution in [2.45, 2.75) is 26.0 Å². The van der Waals surface area contributed by atoms with Gasteiger partial charge in [0.25, 0.3) is 5.91 Å². The number of imide groups is 1. The first-order valence-corrected chi connectivity index (χ1v) is 9.20. The lowest BCUT2D eigenvalue weighted by Gasteiger charge is -2.22. The first-order valence-electron chi connectivity index (χ1n) is 9.20. The van der Waals surface area contributed by atoms with Crippen molar-refractivity contribution in [1.82, 2.24) is 10.2 Å². The van der Waals surface area contributed by atoms with Gasteiger partial charge in [-0.2, -0.15) is 8.78 Å². The number of hydrogen-bond acceptors (Lipinski definition) is 5. The molecule has 31 heavy (non-hydrogen) atoms. The van der Waals surface area contributed by atoms with Gasteiger partial charge in [-0.15, -0.1) is 0 Å². The Hall–Kier alpha value is -3.82. The van der Waals surface area contributed by atoms with Crippen LogP contribution in [0.15, 0.2) is 48.5 Å². The van der Waals surface area contributed by atoms with E-state index in [-0.39, 0.29) is 11.5 Å². The first kappa shape index (κ1) is 21.9. The summed E-state index contributed by atoms with van der Waals surface area (Å²) in [6.07, 6.45) is 0. The molecule has 0 aliphatic carbocycles. The highest BCUT2D eigenvalue weighted by molar-refractivity contribution is 6.10. The highest BCUT2D eigenvalue weighted by Gasteiger charge is 2.49. The van der Waals surface area contributed by atoms with Crippen molar-refractivity contribution in [2.24, 2.45) is 0 Å². The molecule has 2 aromatic carbocycles. The minimum absolute atomic E-state index is 0.0943. The fourth-order valence-corrected chi connectivity index (χ4v) is 3.17. The topological polar surface area (TPSA) is 105 Å². The van der Waals surface area contributed by atoms with Crippen molar-refractivity contribution in [3.63, 3.8) is 0 Å². The Balaban J connectivity index is 1.71. The second-order valence-electron chi connectivity index (χ2n) is 7.03. The van der Waals surface area contributed by atoms with Crippen LogP contribution in [0.2, 0.25) is 0 Å². The summed E-state index contributed by atoms with van der Waals surface area (Å²) in [4.78, 5) is 49.9. The number of carbonyl (C=O) groups excluding carboxylic acids is 4. The Morgan fingerprint density at radius 2 is 1.84 bits per heavy atom. The number of nitrogens with zero attached hydrogens (tertiary/aromatic N) is 1. The zero-order chi connectivity index (χ0) is 22.8. The number of benzene rings is 2. The van der Waals surface area contributed by atoms with Crippen LogP contribution in [0.5, 0.6) is 5.75 Å². The molecule has 1 heterocycles. The van der Waals surface area contributed by atoms with Crippen LogP contribution < -0.4 is 15.4 Å². The number of nitrogens with one attached hydrogen (secondary N) is 2. The van der Waals surface area contributed by atoms with E-state index in [0.717, 1.165) is 4.90 Å². The average molecular weight is 431 g/mol. The van der Waals surface area contributed by atoms with Gasteiger partial charge in [0.15, 0.2) is 5.78 Å². The van der Waals surface area contributed by atoms with Gasteiger partial charge in [0, 0.05) is 11.3 Å². The summed E-state index contributed by atoms with van der Waals surface area (Å²) in [5, 5.41) is 5.07. The average Bonchev–Trinajstić information content (AvgIpc) is 2.92. The quantitative estimate of drug-likeness (QED) is 0.518. The van der Waals surface area contributed by atoms with Gasteiger partial charge in [-0.1, -0.05) is 24.3 Å². The number of ether oxygens (including phenoxy) is 1. The maximum Gasteiger partial charge on any atom is 0.387 e. The highest BCUT2D eigenvalue weighted by Crippen LogP contribution is 2.30. The van der Waals surface area contributed by atoms with Gasteiger partial charge in [-0.25, -0.2) is 4.79 Å². The Morgan fingerprint density at radius 3 is 2.45 bits per heavy atom. The molecular formula is C21H19F2N3O5. The molecule has 0 spiro atoms. The molecule has 0 unspecified atom stereocenters.